The maximum absolute atomic E-state index is 11.0. The van der Waals surface area contributed by atoms with Crippen LogP contribution in [0.3, 0.4) is 0 Å². The zero-order valence-corrected chi connectivity index (χ0v) is 13.6. The number of hydrogen-bond donors (Lipinski definition) is 0. The first kappa shape index (κ1) is 14.8. The van der Waals surface area contributed by atoms with Crippen molar-refractivity contribution in [3.05, 3.63) is 48.3 Å². The number of imidazole rings is 1. The second kappa shape index (κ2) is 6.05. The molecule has 0 bridgehead atoms. The van der Waals surface area contributed by atoms with E-state index in [1.165, 1.54) is 5.69 Å². The number of likely N-dealkylation sites (N-methyl/N-ethyl adjacent to an activating group) is 1. The van der Waals surface area contributed by atoms with E-state index in [4.69, 9.17) is 0 Å². The predicted octanol–water partition coefficient (Wildman–Crippen LogP) is 1.96. The van der Waals surface area contributed by atoms with E-state index in [9.17, 15) is 4.79 Å². The molecule has 3 aromatic rings. The van der Waals surface area contributed by atoms with Crippen LogP contribution in [-0.4, -0.2) is 59.0 Å². The van der Waals surface area contributed by atoms with Crippen LogP contribution in [0.5, 0.6) is 0 Å². The van der Waals surface area contributed by atoms with Crippen LogP contribution in [0, 0.1) is 0 Å². The highest BCUT2D eigenvalue weighted by molar-refractivity contribution is 5.73. The number of hydrogen-bond acceptors (Lipinski definition) is 5. The number of benzene rings is 1. The van der Waals surface area contributed by atoms with Gasteiger partial charge in [0.25, 0.3) is 0 Å². The Morgan fingerprint density at radius 2 is 1.75 bits per heavy atom. The first-order valence-corrected chi connectivity index (χ1v) is 8.08. The van der Waals surface area contributed by atoms with E-state index in [1.54, 1.807) is 22.8 Å². The van der Waals surface area contributed by atoms with Gasteiger partial charge in [-0.25, -0.2) is 9.50 Å². The van der Waals surface area contributed by atoms with Crippen molar-refractivity contribution < 1.29 is 4.79 Å². The summed E-state index contributed by atoms with van der Waals surface area (Å²) in [7, 11) is 2.16. The van der Waals surface area contributed by atoms with Crippen molar-refractivity contribution in [1.82, 2.24) is 19.5 Å². The molecule has 24 heavy (non-hydrogen) atoms. The molecule has 0 amide bonds. The molecule has 0 saturated carbocycles. The lowest BCUT2D eigenvalue weighted by Crippen LogP contribution is -2.44. The van der Waals surface area contributed by atoms with Crippen molar-refractivity contribution in [2.24, 2.45) is 0 Å². The van der Waals surface area contributed by atoms with Gasteiger partial charge >= 0.3 is 0 Å². The fourth-order valence-corrected chi connectivity index (χ4v) is 3.05. The topological polar surface area (TPSA) is 53.7 Å². The Kier molecular flexibility index (Phi) is 3.74. The lowest BCUT2D eigenvalue weighted by molar-refractivity contribution is 0.111. The van der Waals surface area contributed by atoms with Crippen LogP contribution >= 0.6 is 0 Å². The molecule has 6 nitrogen and oxygen atoms in total. The van der Waals surface area contributed by atoms with E-state index in [1.807, 2.05) is 0 Å². The molecular formula is C18H19N5O. The smallest absolute Gasteiger partial charge is 0.170 e. The van der Waals surface area contributed by atoms with Gasteiger partial charge in [0.2, 0.25) is 0 Å². The average molecular weight is 321 g/mol. The molecule has 2 aromatic heterocycles. The molecule has 0 radical (unpaired) electrons. The summed E-state index contributed by atoms with van der Waals surface area (Å²) in [6, 6.07) is 11.9. The third-order valence-corrected chi connectivity index (χ3v) is 4.54. The van der Waals surface area contributed by atoms with E-state index in [0.29, 0.717) is 5.69 Å². The van der Waals surface area contributed by atoms with Gasteiger partial charge in [0.1, 0.15) is 5.69 Å². The van der Waals surface area contributed by atoms with Crippen LogP contribution in [-0.2, 0) is 0 Å². The fraction of sp³-hybridized carbons (Fsp3) is 0.278. The molecule has 0 N–H and O–H groups in total. The van der Waals surface area contributed by atoms with Crippen LogP contribution in [0.1, 0.15) is 10.5 Å². The van der Waals surface area contributed by atoms with Crippen molar-refractivity contribution in [1.29, 1.82) is 0 Å². The molecule has 122 valence electrons. The first-order valence-electron chi connectivity index (χ1n) is 8.08. The summed E-state index contributed by atoms with van der Waals surface area (Å²) in [6.45, 7) is 4.28. The molecule has 1 aliphatic heterocycles. The molecule has 1 fully saturated rings. The van der Waals surface area contributed by atoms with Crippen molar-refractivity contribution in [2.75, 3.05) is 38.1 Å². The van der Waals surface area contributed by atoms with E-state index < -0.39 is 0 Å². The van der Waals surface area contributed by atoms with Gasteiger partial charge in [0.15, 0.2) is 11.9 Å². The van der Waals surface area contributed by atoms with E-state index in [-0.39, 0.29) is 0 Å². The van der Waals surface area contributed by atoms with E-state index in [2.05, 4.69) is 51.2 Å². The molecule has 1 saturated heterocycles. The fourth-order valence-electron chi connectivity index (χ4n) is 3.05. The Morgan fingerprint density at radius 3 is 2.46 bits per heavy atom. The molecule has 0 aliphatic carbocycles. The molecule has 4 rings (SSSR count). The minimum Gasteiger partial charge on any atom is -0.369 e. The van der Waals surface area contributed by atoms with Crippen molar-refractivity contribution in [3.8, 4) is 11.3 Å². The number of rotatable bonds is 3. The highest BCUT2D eigenvalue weighted by atomic mass is 16.1. The van der Waals surface area contributed by atoms with Gasteiger partial charge in [0.05, 0.1) is 11.9 Å². The summed E-state index contributed by atoms with van der Waals surface area (Å²) in [4.78, 5) is 20.1. The Hall–Kier alpha value is -2.73. The van der Waals surface area contributed by atoms with Gasteiger partial charge in [-0.05, 0) is 31.3 Å². The first-order chi connectivity index (χ1) is 11.7. The SMILES string of the molecule is CN1CCN(c2ccc(-c3cnc4ccc(C=O)nn34)cc2)CC1. The zero-order chi connectivity index (χ0) is 16.5. The lowest BCUT2D eigenvalue weighted by Gasteiger charge is -2.34. The highest BCUT2D eigenvalue weighted by Gasteiger charge is 2.14. The molecule has 0 atom stereocenters. The lowest BCUT2D eigenvalue weighted by atomic mass is 10.1. The van der Waals surface area contributed by atoms with Gasteiger partial charge in [-0.15, -0.1) is 0 Å². The van der Waals surface area contributed by atoms with Crippen LogP contribution in [0.25, 0.3) is 16.9 Å². The van der Waals surface area contributed by atoms with Gasteiger partial charge in [-0.3, -0.25) is 4.79 Å². The zero-order valence-electron chi connectivity index (χ0n) is 13.6. The summed E-state index contributed by atoms with van der Waals surface area (Å²) >= 11 is 0. The second-order valence-electron chi connectivity index (χ2n) is 6.13. The Bertz CT molecular complexity index is 863. The Balaban J connectivity index is 1.64. The molecule has 3 heterocycles. The summed E-state index contributed by atoms with van der Waals surface area (Å²) in [6.07, 6.45) is 2.54. The number of fused-ring (bicyclic) bond motifs is 1. The molecule has 1 aliphatic rings. The number of anilines is 1. The van der Waals surface area contributed by atoms with Gasteiger partial charge in [-0.2, -0.15) is 5.10 Å². The number of aldehydes is 1. The second-order valence-corrected chi connectivity index (χ2v) is 6.13. The Labute approximate surface area is 140 Å². The number of piperazine rings is 1. The van der Waals surface area contributed by atoms with Gasteiger partial charge in [-0.1, -0.05) is 12.1 Å². The molecule has 1 aromatic carbocycles. The largest absolute Gasteiger partial charge is 0.369 e. The van der Waals surface area contributed by atoms with Gasteiger partial charge < -0.3 is 9.80 Å². The minimum atomic E-state index is 0.399. The highest BCUT2D eigenvalue weighted by Crippen LogP contribution is 2.24. The summed E-state index contributed by atoms with van der Waals surface area (Å²) in [5.41, 5.74) is 4.30. The van der Waals surface area contributed by atoms with Crippen LogP contribution in [0.2, 0.25) is 0 Å². The minimum absolute atomic E-state index is 0.399. The van der Waals surface area contributed by atoms with E-state index >= 15 is 0 Å². The maximum atomic E-state index is 11.0. The maximum Gasteiger partial charge on any atom is 0.170 e. The molecule has 0 unspecified atom stereocenters. The van der Waals surface area contributed by atoms with Crippen molar-refractivity contribution in [2.45, 2.75) is 0 Å². The number of nitrogens with zero attached hydrogens (tertiary/aromatic N) is 5. The average Bonchev–Trinajstić information content (AvgIpc) is 3.05. The number of aromatic nitrogens is 3. The summed E-state index contributed by atoms with van der Waals surface area (Å²) in [5, 5.41) is 4.32. The predicted molar refractivity (Wildman–Crippen MR) is 93.5 cm³/mol. The van der Waals surface area contributed by atoms with Crippen LogP contribution in [0.15, 0.2) is 42.6 Å². The quantitative estimate of drug-likeness (QED) is 0.690. The molecular weight excluding hydrogens is 302 g/mol. The standard InChI is InChI=1S/C18H19N5O/c1-21-8-10-22(11-9-21)16-5-2-14(3-6-16)17-12-19-18-7-4-15(13-24)20-23(17)18/h2-7,12-13H,8-11H2,1H3. The van der Waals surface area contributed by atoms with Gasteiger partial charge in [0, 0.05) is 37.4 Å². The number of carbonyl (C=O) groups excluding carboxylic acids is 1. The third-order valence-electron chi connectivity index (χ3n) is 4.54. The third kappa shape index (κ3) is 2.65. The number of carbonyl (C=O) groups is 1. The van der Waals surface area contributed by atoms with Crippen LogP contribution < -0.4 is 4.90 Å². The van der Waals surface area contributed by atoms with Crippen molar-refractivity contribution in [3.63, 3.8) is 0 Å². The monoisotopic (exact) mass is 321 g/mol. The molecule has 0 spiro atoms. The normalized spacial score (nSPS) is 15.8. The van der Waals surface area contributed by atoms with Crippen LogP contribution in [0.4, 0.5) is 5.69 Å². The Morgan fingerprint density at radius 1 is 1.00 bits per heavy atom. The van der Waals surface area contributed by atoms with E-state index in [0.717, 1.165) is 49.4 Å². The molecule has 6 heteroatoms. The summed E-state index contributed by atoms with van der Waals surface area (Å²) in [5.74, 6) is 0. The summed E-state index contributed by atoms with van der Waals surface area (Å²) < 4.78 is 1.72. The van der Waals surface area contributed by atoms with Crippen molar-refractivity contribution >= 4 is 17.6 Å².